The second-order valence-electron chi connectivity index (χ2n) is 7.47. The first-order valence-corrected chi connectivity index (χ1v) is 9.89. The summed E-state index contributed by atoms with van der Waals surface area (Å²) in [6.45, 7) is 1.67. The fourth-order valence-electron chi connectivity index (χ4n) is 3.87. The number of amides is 1. The third-order valence-electron chi connectivity index (χ3n) is 5.50. The maximum atomic E-state index is 15.1. The van der Waals surface area contributed by atoms with E-state index in [1.54, 1.807) is 25.4 Å². The highest BCUT2D eigenvalue weighted by molar-refractivity contribution is 6.06. The van der Waals surface area contributed by atoms with E-state index in [1.807, 2.05) is 18.2 Å². The summed E-state index contributed by atoms with van der Waals surface area (Å²) >= 11 is 0. The largest absolute Gasteiger partial charge is 0.378 e. The molecule has 8 heteroatoms. The lowest BCUT2D eigenvalue weighted by molar-refractivity contribution is 0.0962. The molecule has 154 valence electrons. The van der Waals surface area contributed by atoms with Crippen LogP contribution < -0.4 is 10.6 Å². The lowest BCUT2D eigenvalue weighted by Gasteiger charge is -2.36. The normalized spacial score (nSPS) is 19.4. The number of piperidine rings is 1. The van der Waals surface area contributed by atoms with Gasteiger partial charge in [-0.1, -0.05) is 12.1 Å². The molecule has 3 aromatic rings. The molecule has 1 aliphatic rings. The van der Waals surface area contributed by atoms with Crippen LogP contribution in [0.3, 0.4) is 0 Å². The molecule has 1 saturated heterocycles. The van der Waals surface area contributed by atoms with E-state index in [4.69, 9.17) is 5.26 Å². The highest BCUT2D eigenvalue weighted by Crippen LogP contribution is 2.29. The zero-order valence-corrected chi connectivity index (χ0v) is 16.7. The Labute approximate surface area is 173 Å². The zero-order chi connectivity index (χ0) is 21.1. The number of carbonyl (C=O) groups excluding carboxylic acids is 1. The molecular formula is C22H23FN6O. The molecule has 3 N–H and O–H groups in total. The minimum Gasteiger partial charge on any atom is -0.378 e. The predicted octanol–water partition coefficient (Wildman–Crippen LogP) is 2.82. The second kappa shape index (κ2) is 8.51. The Morgan fingerprint density at radius 3 is 2.87 bits per heavy atom. The van der Waals surface area contributed by atoms with Crippen LogP contribution in [0, 0.1) is 11.3 Å². The highest BCUT2D eigenvalue weighted by Gasteiger charge is 2.30. The first-order chi connectivity index (χ1) is 14.6. The molecule has 0 unspecified atom stereocenters. The van der Waals surface area contributed by atoms with Crippen LogP contribution in [0.4, 0.5) is 10.1 Å². The van der Waals surface area contributed by atoms with Gasteiger partial charge < -0.3 is 15.6 Å². The van der Waals surface area contributed by atoms with E-state index >= 15 is 4.39 Å². The first-order valence-electron chi connectivity index (χ1n) is 9.89. The van der Waals surface area contributed by atoms with Gasteiger partial charge in [0, 0.05) is 44.5 Å². The fraction of sp³-hybridized carbons (Fsp3) is 0.318. The maximum Gasteiger partial charge on any atom is 0.254 e. The van der Waals surface area contributed by atoms with Gasteiger partial charge in [-0.05, 0) is 30.2 Å². The number of fused-ring (bicyclic) bond motifs is 1. The Bertz CT molecular complexity index is 1090. The van der Waals surface area contributed by atoms with Gasteiger partial charge in [-0.3, -0.25) is 9.69 Å². The van der Waals surface area contributed by atoms with E-state index in [0.29, 0.717) is 42.0 Å². The van der Waals surface area contributed by atoms with Crippen LogP contribution in [0.5, 0.6) is 0 Å². The van der Waals surface area contributed by atoms with Gasteiger partial charge in [0.1, 0.15) is 11.8 Å². The summed E-state index contributed by atoms with van der Waals surface area (Å²) in [5.41, 5.74) is 3.33. The Balaban J connectivity index is 1.47. The molecule has 0 spiro atoms. The number of likely N-dealkylation sites (tertiary alicyclic amines) is 1. The summed E-state index contributed by atoms with van der Waals surface area (Å²) in [4.78, 5) is 21.7. The number of nitrogens with zero attached hydrogens (tertiary/aromatic N) is 3. The fourth-order valence-corrected chi connectivity index (χ4v) is 3.87. The third-order valence-corrected chi connectivity index (χ3v) is 5.50. The molecular weight excluding hydrogens is 383 g/mol. The maximum absolute atomic E-state index is 15.1. The zero-order valence-electron chi connectivity index (χ0n) is 16.7. The molecule has 1 fully saturated rings. The van der Waals surface area contributed by atoms with Crippen LogP contribution in [0.25, 0.3) is 11.0 Å². The molecule has 2 aromatic heterocycles. The van der Waals surface area contributed by atoms with Gasteiger partial charge in [-0.25, -0.2) is 9.37 Å². The van der Waals surface area contributed by atoms with Crippen molar-refractivity contribution in [2.45, 2.75) is 25.2 Å². The van der Waals surface area contributed by atoms with Gasteiger partial charge >= 0.3 is 0 Å². The molecule has 7 nitrogen and oxygen atoms in total. The van der Waals surface area contributed by atoms with Crippen LogP contribution in [0.1, 0.15) is 27.9 Å². The number of H-pyrrole nitrogens is 1. The Morgan fingerprint density at radius 1 is 1.37 bits per heavy atom. The monoisotopic (exact) mass is 406 g/mol. The van der Waals surface area contributed by atoms with Crippen LogP contribution in [0.2, 0.25) is 0 Å². The SMILES string of the molecule is CNC(=O)c1cnc2[nH]ccc2c1N[C@@H]1CCN(Cc2ccc(C#N)cc2)C[C@H]1F. The van der Waals surface area contributed by atoms with Crippen molar-refractivity contribution in [2.24, 2.45) is 0 Å². The molecule has 3 heterocycles. The minimum absolute atomic E-state index is 0.262. The molecule has 1 amide bonds. The quantitative estimate of drug-likeness (QED) is 0.605. The van der Waals surface area contributed by atoms with Crippen LogP contribution >= 0.6 is 0 Å². The number of halogens is 1. The number of aromatic amines is 1. The number of carbonyl (C=O) groups is 1. The minimum atomic E-state index is -1.09. The topological polar surface area (TPSA) is 96.8 Å². The second-order valence-corrected chi connectivity index (χ2v) is 7.47. The standard InChI is InChI=1S/C22H23FN6O/c1-25-22(30)17-11-27-21-16(6-8-26-21)20(17)28-19-7-9-29(13-18(19)23)12-15-4-2-14(10-24)3-5-15/h2-6,8,11,18-19H,7,9,12-13H2,1H3,(H,25,30)(H2,26,27,28)/t18-,19-/m1/s1. The molecule has 1 aromatic carbocycles. The number of nitrogens with one attached hydrogen (secondary N) is 3. The number of rotatable bonds is 5. The van der Waals surface area contributed by atoms with Crippen molar-refractivity contribution in [3.63, 3.8) is 0 Å². The molecule has 2 atom stereocenters. The number of alkyl halides is 1. The average molecular weight is 406 g/mol. The van der Waals surface area contributed by atoms with Crippen molar-refractivity contribution in [3.05, 3.63) is 59.4 Å². The number of pyridine rings is 1. The molecule has 4 rings (SSSR count). The summed E-state index contributed by atoms with van der Waals surface area (Å²) in [6, 6.07) is 10.9. The van der Waals surface area contributed by atoms with E-state index in [-0.39, 0.29) is 5.91 Å². The summed E-state index contributed by atoms with van der Waals surface area (Å²) in [6.07, 6.45) is 2.78. The van der Waals surface area contributed by atoms with Gasteiger partial charge in [-0.2, -0.15) is 5.26 Å². The van der Waals surface area contributed by atoms with Crippen molar-refractivity contribution in [1.29, 1.82) is 5.26 Å². The van der Waals surface area contributed by atoms with Crippen molar-refractivity contribution >= 4 is 22.6 Å². The molecule has 0 bridgehead atoms. The lowest BCUT2D eigenvalue weighted by Crippen LogP contribution is -2.47. The molecule has 0 radical (unpaired) electrons. The summed E-state index contributed by atoms with van der Waals surface area (Å²) in [7, 11) is 1.56. The number of benzene rings is 1. The van der Waals surface area contributed by atoms with Gasteiger partial charge in [0.05, 0.1) is 28.9 Å². The van der Waals surface area contributed by atoms with Crippen LogP contribution in [-0.2, 0) is 6.54 Å². The Morgan fingerprint density at radius 2 is 2.17 bits per heavy atom. The number of aromatic nitrogens is 2. The van der Waals surface area contributed by atoms with Crippen LogP contribution in [0.15, 0.2) is 42.7 Å². The van der Waals surface area contributed by atoms with Gasteiger partial charge in [-0.15, -0.1) is 0 Å². The number of anilines is 1. The van der Waals surface area contributed by atoms with E-state index in [9.17, 15) is 4.79 Å². The average Bonchev–Trinajstić information content (AvgIpc) is 3.25. The molecule has 1 aliphatic heterocycles. The van der Waals surface area contributed by atoms with Gasteiger partial charge in [0.2, 0.25) is 0 Å². The number of hydrogen-bond acceptors (Lipinski definition) is 5. The smallest absolute Gasteiger partial charge is 0.254 e. The van der Waals surface area contributed by atoms with Crippen molar-refractivity contribution < 1.29 is 9.18 Å². The van der Waals surface area contributed by atoms with Crippen molar-refractivity contribution in [3.8, 4) is 6.07 Å². The van der Waals surface area contributed by atoms with E-state index < -0.39 is 12.2 Å². The Hall–Kier alpha value is -3.44. The summed E-state index contributed by atoms with van der Waals surface area (Å²) < 4.78 is 15.1. The van der Waals surface area contributed by atoms with E-state index in [2.05, 4.69) is 31.6 Å². The van der Waals surface area contributed by atoms with Gasteiger partial charge in [0.25, 0.3) is 5.91 Å². The number of nitriles is 1. The molecule has 0 aliphatic carbocycles. The van der Waals surface area contributed by atoms with Crippen molar-refractivity contribution in [2.75, 3.05) is 25.5 Å². The van der Waals surface area contributed by atoms with E-state index in [1.165, 1.54) is 6.20 Å². The third kappa shape index (κ3) is 3.98. The number of hydrogen-bond donors (Lipinski definition) is 3. The van der Waals surface area contributed by atoms with Crippen LogP contribution in [-0.4, -0.2) is 53.1 Å². The van der Waals surface area contributed by atoms with Gasteiger partial charge in [0.15, 0.2) is 0 Å². The summed E-state index contributed by atoms with van der Waals surface area (Å²) in [5.74, 6) is -0.262. The molecule has 0 saturated carbocycles. The highest BCUT2D eigenvalue weighted by atomic mass is 19.1. The van der Waals surface area contributed by atoms with E-state index in [0.717, 1.165) is 17.5 Å². The Kier molecular flexibility index (Phi) is 5.63. The molecule has 30 heavy (non-hydrogen) atoms. The predicted molar refractivity (Wildman–Crippen MR) is 113 cm³/mol. The summed E-state index contributed by atoms with van der Waals surface area (Å²) in [5, 5.41) is 15.6. The van der Waals surface area contributed by atoms with Crippen molar-refractivity contribution in [1.82, 2.24) is 20.2 Å². The lowest BCUT2D eigenvalue weighted by atomic mass is 10.0. The first kappa shape index (κ1) is 19.9.